The van der Waals surface area contributed by atoms with E-state index in [0.29, 0.717) is 12.8 Å². The number of β-amino-alcohol motifs (C(OH)–C–C–N with tert-alkyl or cyclic N) is 1. The molecular weight excluding hydrogens is 262 g/mol. The van der Waals surface area contributed by atoms with Gasteiger partial charge >= 0.3 is 12.1 Å². The molecule has 2 atom stereocenters. The molecule has 6 heteroatoms. The molecule has 1 unspecified atom stereocenters. The lowest BCUT2D eigenvalue weighted by Gasteiger charge is -2.41. The molecule has 1 aliphatic heterocycles. The molecule has 1 heterocycles. The van der Waals surface area contributed by atoms with Crippen LogP contribution in [0.5, 0.6) is 0 Å². The highest BCUT2D eigenvalue weighted by Gasteiger charge is 2.42. The van der Waals surface area contributed by atoms with Crippen LogP contribution in [0.3, 0.4) is 0 Å². The third-order valence-electron chi connectivity index (χ3n) is 3.03. The molecule has 0 aliphatic carbocycles. The van der Waals surface area contributed by atoms with E-state index in [2.05, 4.69) is 0 Å². The third kappa shape index (κ3) is 4.67. The average Bonchev–Trinajstić information content (AvgIpc) is 2.25. The fraction of sp³-hybridized carbons (Fsp3) is 0.857. The van der Waals surface area contributed by atoms with Crippen LogP contribution < -0.4 is 0 Å². The van der Waals surface area contributed by atoms with E-state index < -0.39 is 29.3 Å². The van der Waals surface area contributed by atoms with Gasteiger partial charge in [-0.2, -0.15) is 0 Å². The Balaban J connectivity index is 2.87. The van der Waals surface area contributed by atoms with Crippen LogP contribution in [0.15, 0.2) is 0 Å². The molecule has 0 aromatic carbocycles. The van der Waals surface area contributed by atoms with Crippen molar-refractivity contribution in [1.82, 2.24) is 4.90 Å². The number of carbonyl (C=O) groups excluding carboxylic acids is 2. The van der Waals surface area contributed by atoms with Crippen molar-refractivity contribution in [2.75, 3.05) is 13.2 Å². The van der Waals surface area contributed by atoms with Crippen LogP contribution in [0.2, 0.25) is 0 Å². The van der Waals surface area contributed by atoms with E-state index in [4.69, 9.17) is 9.47 Å². The van der Waals surface area contributed by atoms with Gasteiger partial charge in [0.05, 0.1) is 18.8 Å². The van der Waals surface area contributed by atoms with Crippen LogP contribution in [-0.2, 0) is 14.3 Å². The summed E-state index contributed by atoms with van der Waals surface area (Å²) in [6, 6.07) is -0.690. The SMILES string of the molecule is CCOC(=O)C1CC[C@](C)(O)CN1C(=O)OC(C)(C)C. The zero-order valence-electron chi connectivity index (χ0n) is 12.9. The number of rotatable bonds is 2. The van der Waals surface area contributed by atoms with Crippen molar-refractivity contribution in [2.45, 2.75) is 64.7 Å². The quantitative estimate of drug-likeness (QED) is 0.782. The standard InChI is InChI=1S/C14H25NO5/c1-6-19-11(16)10-7-8-14(5,18)9-15(10)12(17)20-13(2,3)4/h10,18H,6-9H2,1-5H3/t10?,14-/m0/s1. The summed E-state index contributed by atoms with van der Waals surface area (Å²) in [5, 5.41) is 10.1. The van der Waals surface area contributed by atoms with Gasteiger partial charge in [0.25, 0.3) is 0 Å². The van der Waals surface area contributed by atoms with E-state index in [-0.39, 0.29) is 13.2 Å². The smallest absolute Gasteiger partial charge is 0.411 e. The first-order valence-corrected chi connectivity index (χ1v) is 6.94. The minimum Gasteiger partial charge on any atom is -0.464 e. The number of aliphatic hydroxyl groups is 1. The number of esters is 1. The summed E-state index contributed by atoms with van der Waals surface area (Å²) in [7, 11) is 0. The molecule has 20 heavy (non-hydrogen) atoms. The first-order chi connectivity index (χ1) is 9.06. The molecule has 0 aromatic rings. The predicted molar refractivity (Wildman–Crippen MR) is 73.2 cm³/mol. The van der Waals surface area contributed by atoms with Crippen LogP contribution >= 0.6 is 0 Å². The van der Waals surface area contributed by atoms with Gasteiger partial charge in [-0.1, -0.05) is 0 Å². The lowest BCUT2D eigenvalue weighted by atomic mass is 9.90. The van der Waals surface area contributed by atoms with Gasteiger partial charge in [0, 0.05) is 0 Å². The Labute approximate surface area is 120 Å². The summed E-state index contributed by atoms with van der Waals surface area (Å²) in [5.41, 5.74) is -1.67. The molecule has 0 radical (unpaired) electrons. The Bertz CT molecular complexity index is 372. The second-order valence-corrected chi connectivity index (χ2v) is 6.41. The Morgan fingerprint density at radius 2 is 2.00 bits per heavy atom. The van der Waals surface area contributed by atoms with E-state index in [1.54, 1.807) is 34.6 Å². The molecule has 116 valence electrons. The summed E-state index contributed by atoms with van der Waals surface area (Å²) in [4.78, 5) is 25.4. The molecule has 0 saturated carbocycles. The second kappa shape index (κ2) is 5.99. The van der Waals surface area contributed by atoms with Crippen LogP contribution in [0, 0.1) is 0 Å². The zero-order chi connectivity index (χ0) is 15.6. The Morgan fingerprint density at radius 1 is 1.40 bits per heavy atom. The number of nitrogens with zero attached hydrogens (tertiary/aromatic N) is 1. The van der Waals surface area contributed by atoms with E-state index in [1.165, 1.54) is 4.90 Å². The van der Waals surface area contributed by atoms with Crippen LogP contribution in [-0.4, -0.2) is 52.5 Å². The van der Waals surface area contributed by atoms with Crippen molar-refractivity contribution in [3.05, 3.63) is 0 Å². The molecule has 1 amide bonds. The lowest BCUT2D eigenvalue weighted by molar-refractivity contribution is -0.154. The van der Waals surface area contributed by atoms with Crippen molar-refractivity contribution in [1.29, 1.82) is 0 Å². The molecule has 0 spiro atoms. The minimum atomic E-state index is -1.01. The molecule has 1 fully saturated rings. The van der Waals surface area contributed by atoms with Crippen molar-refractivity contribution < 1.29 is 24.2 Å². The number of ether oxygens (including phenoxy) is 2. The maximum absolute atomic E-state index is 12.2. The Hall–Kier alpha value is -1.30. The monoisotopic (exact) mass is 287 g/mol. The topological polar surface area (TPSA) is 76.1 Å². The normalized spacial score (nSPS) is 27.1. The van der Waals surface area contributed by atoms with Gasteiger partial charge in [-0.3, -0.25) is 4.90 Å². The van der Waals surface area contributed by atoms with E-state index in [0.717, 1.165) is 0 Å². The highest BCUT2D eigenvalue weighted by Crippen LogP contribution is 2.27. The van der Waals surface area contributed by atoms with Gasteiger partial charge in [0.15, 0.2) is 0 Å². The lowest BCUT2D eigenvalue weighted by Crippen LogP contribution is -2.57. The molecule has 1 aliphatic rings. The maximum atomic E-state index is 12.2. The van der Waals surface area contributed by atoms with Gasteiger partial charge in [-0.05, 0) is 47.5 Å². The Morgan fingerprint density at radius 3 is 2.50 bits per heavy atom. The highest BCUT2D eigenvalue weighted by molar-refractivity contribution is 5.82. The summed E-state index contributed by atoms with van der Waals surface area (Å²) < 4.78 is 10.3. The number of piperidine rings is 1. The van der Waals surface area contributed by atoms with E-state index in [1.807, 2.05) is 0 Å². The largest absolute Gasteiger partial charge is 0.464 e. The molecule has 1 N–H and O–H groups in total. The van der Waals surface area contributed by atoms with Crippen LogP contribution in [0.25, 0.3) is 0 Å². The predicted octanol–water partition coefficient (Wildman–Crippen LogP) is 1.70. The van der Waals surface area contributed by atoms with Crippen molar-refractivity contribution in [2.24, 2.45) is 0 Å². The van der Waals surface area contributed by atoms with Gasteiger partial charge < -0.3 is 14.6 Å². The molecular formula is C14H25NO5. The first kappa shape index (κ1) is 16.8. The third-order valence-corrected chi connectivity index (χ3v) is 3.03. The van der Waals surface area contributed by atoms with E-state index in [9.17, 15) is 14.7 Å². The first-order valence-electron chi connectivity index (χ1n) is 6.94. The maximum Gasteiger partial charge on any atom is 0.411 e. The molecule has 0 aromatic heterocycles. The average molecular weight is 287 g/mol. The number of hydrogen-bond donors (Lipinski definition) is 1. The van der Waals surface area contributed by atoms with Crippen molar-refractivity contribution >= 4 is 12.1 Å². The molecule has 0 bridgehead atoms. The number of likely N-dealkylation sites (tertiary alicyclic amines) is 1. The van der Waals surface area contributed by atoms with Crippen molar-refractivity contribution in [3.8, 4) is 0 Å². The molecule has 1 saturated heterocycles. The fourth-order valence-corrected chi connectivity index (χ4v) is 2.16. The molecule has 6 nitrogen and oxygen atoms in total. The number of hydrogen-bond acceptors (Lipinski definition) is 5. The fourth-order valence-electron chi connectivity index (χ4n) is 2.16. The summed E-state index contributed by atoms with van der Waals surface area (Å²) in [6.45, 7) is 8.95. The van der Waals surface area contributed by atoms with Crippen molar-refractivity contribution in [3.63, 3.8) is 0 Å². The second-order valence-electron chi connectivity index (χ2n) is 6.41. The summed E-state index contributed by atoms with van der Waals surface area (Å²) >= 11 is 0. The van der Waals surface area contributed by atoms with Gasteiger partial charge in [0.1, 0.15) is 11.6 Å². The highest BCUT2D eigenvalue weighted by atomic mass is 16.6. The van der Waals surface area contributed by atoms with Gasteiger partial charge in [-0.25, -0.2) is 9.59 Å². The molecule has 1 rings (SSSR count). The van der Waals surface area contributed by atoms with Crippen LogP contribution in [0.4, 0.5) is 4.79 Å². The number of carbonyl (C=O) groups is 2. The Kier molecular flexibility index (Phi) is 5.02. The van der Waals surface area contributed by atoms with E-state index >= 15 is 0 Å². The van der Waals surface area contributed by atoms with Gasteiger partial charge in [0.2, 0.25) is 0 Å². The summed E-state index contributed by atoms with van der Waals surface area (Å²) in [5.74, 6) is -0.450. The summed E-state index contributed by atoms with van der Waals surface area (Å²) in [6.07, 6.45) is 0.205. The minimum absolute atomic E-state index is 0.0609. The number of amides is 1. The zero-order valence-corrected chi connectivity index (χ0v) is 12.9. The van der Waals surface area contributed by atoms with Crippen LogP contribution in [0.1, 0.15) is 47.5 Å². The van der Waals surface area contributed by atoms with Gasteiger partial charge in [-0.15, -0.1) is 0 Å².